The first kappa shape index (κ1) is 23.6. The molecule has 2 atom stereocenters. The van der Waals surface area contributed by atoms with Crippen LogP contribution in [0.25, 0.3) is 0 Å². The van der Waals surface area contributed by atoms with Gasteiger partial charge in [-0.1, -0.05) is 66.7 Å². The number of benzene rings is 3. The lowest BCUT2D eigenvalue weighted by Gasteiger charge is -2.30. The van der Waals surface area contributed by atoms with Gasteiger partial charge in [-0.25, -0.2) is 9.69 Å². The van der Waals surface area contributed by atoms with Gasteiger partial charge in [0.05, 0.1) is 19.9 Å². The average Bonchev–Trinajstić information content (AvgIpc) is 3.39. The first-order valence-corrected chi connectivity index (χ1v) is 13.0. The van der Waals surface area contributed by atoms with E-state index in [1.165, 1.54) is 4.90 Å². The van der Waals surface area contributed by atoms with Crippen LogP contribution in [0.4, 0.5) is 4.79 Å². The Bertz CT molecular complexity index is 1280. The molecular formula is C30H31N3O4. The normalized spacial score (nSPS) is 23.7. The molecule has 0 aromatic heterocycles. The van der Waals surface area contributed by atoms with E-state index in [0.717, 1.165) is 54.0 Å². The Kier molecular flexibility index (Phi) is 6.30. The second-order valence-corrected chi connectivity index (χ2v) is 9.97. The second kappa shape index (κ2) is 9.90. The molecule has 0 spiro atoms. The molecule has 3 heterocycles. The molecule has 7 heteroatoms. The number of urea groups is 1. The third kappa shape index (κ3) is 4.44. The molecule has 0 radical (unpaired) electrons. The van der Waals surface area contributed by atoms with Gasteiger partial charge in [0.2, 0.25) is 0 Å². The van der Waals surface area contributed by atoms with Crippen LogP contribution in [0.5, 0.6) is 11.5 Å². The molecule has 1 N–H and O–H groups in total. The summed E-state index contributed by atoms with van der Waals surface area (Å²) >= 11 is 0. The first-order valence-electron chi connectivity index (χ1n) is 13.0. The van der Waals surface area contributed by atoms with Crippen molar-refractivity contribution in [2.75, 3.05) is 26.4 Å². The van der Waals surface area contributed by atoms with Gasteiger partial charge in [0, 0.05) is 25.4 Å². The Morgan fingerprint density at radius 3 is 2.38 bits per heavy atom. The molecule has 190 valence electrons. The van der Waals surface area contributed by atoms with Crippen LogP contribution in [0.15, 0.2) is 78.9 Å². The molecular weight excluding hydrogens is 466 g/mol. The van der Waals surface area contributed by atoms with E-state index < -0.39 is 5.54 Å². The van der Waals surface area contributed by atoms with Gasteiger partial charge in [-0.2, -0.15) is 0 Å². The van der Waals surface area contributed by atoms with Gasteiger partial charge in [0.1, 0.15) is 0 Å². The van der Waals surface area contributed by atoms with Crippen LogP contribution in [0.1, 0.15) is 42.0 Å². The zero-order chi connectivity index (χ0) is 25.2. The van der Waals surface area contributed by atoms with E-state index in [0.29, 0.717) is 19.6 Å². The minimum atomic E-state index is -1.13. The van der Waals surface area contributed by atoms with Crippen molar-refractivity contribution in [2.24, 2.45) is 0 Å². The predicted molar refractivity (Wildman–Crippen MR) is 139 cm³/mol. The summed E-state index contributed by atoms with van der Waals surface area (Å²) in [5.74, 6) is 1.33. The maximum absolute atomic E-state index is 14.1. The van der Waals surface area contributed by atoms with Gasteiger partial charge in [-0.15, -0.1) is 0 Å². The zero-order valence-corrected chi connectivity index (χ0v) is 20.8. The second-order valence-electron chi connectivity index (χ2n) is 9.97. The number of fused-ring (bicyclic) bond motifs is 1. The fraction of sp³-hybridized carbons (Fsp3) is 0.333. The molecule has 7 nitrogen and oxygen atoms in total. The molecule has 3 aromatic carbocycles. The highest BCUT2D eigenvalue weighted by molar-refractivity contribution is 6.07. The van der Waals surface area contributed by atoms with Crippen molar-refractivity contribution < 1.29 is 19.1 Å². The molecule has 3 amide bonds. The van der Waals surface area contributed by atoms with Crippen LogP contribution in [-0.2, 0) is 16.8 Å². The summed E-state index contributed by atoms with van der Waals surface area (Å²) in [6.07, 6.45) is 3.20. The molecule has 6 rings (SSSR count). The van der Waals surface area contributed by atoms with E-state index in [9.17, 15) is 9.59 Å². The highest BCUT2D eigenvalue weighted by Crippen LogP contribution is 2.39. The SMILES string of the molecule is O=C1N[C@](Cc2ccccc2)(c2ccccc2)C(=O)N1CN1CCC[C@H]1c1ccc2c(c1)OCCCO2. The number of carbonyl (C=O) groups is 2. The lowest BCUT2D eigenvalue weighted by molar-refractivity contribution is -0.133. The summed E-state index contributed by atoms with van der Waals surface area (Å²) in [4.78, 5) is 31.0. The molecule has 0 unspecified atom stereocenters. The Morgan fingerprint density at radius 1 is 0.865 bits per heavy atom. The van der Waals surface area contributed by atoms with E-state index in [4.69, 9.17) is 9.47 Å². The summed E-state index contributed by atoms with van der Waals surface area (Å²) in [6, 6.07) is 25.3. The zero-order valence-electron chi connectivity index (χ0n) is 20.8. The summed E-state index contributed by atoms with van der Waals surface area (Å²) in [6.45, 7) is 2.34. The predicted octanol–water partition coefficient (Wildman–Crippen LogP) is 4.63. The van der Waals surface area contributed by atoms with E-state index in [1.807, 2.05) is 66.7 Å². The van der Waals surface area contributed by atoms with Crippen molar-refractivity contribution in [3.05, 3.63) is 95.6 Å². The lowest BCUT2D eigenvalue weighted by Crippen LogP contribution is -2.47. The van der Waals surface area contributed by atoms with E-state index in [1.54, 1.807) is 0 Å². The van der Waals surface area contributed by atoms with Crippen molar-refractivity contribution in [3.63, 3.8) is 0 Å². The van der Waals surface area contributed by atoms with Crippen LogP contribution >= 0.6 is 0 Å². The van der Waals surface area contributed by atoms with Gasteiger partial charge in [-0.05, 0) is 41.7 Å². The van der Waals surface area contributed by atoms with Crippen molar-refractivity contribution in [1.29, 1.82) is 0 Å². The van der Waals surface area contributed by atoms with Gasteiger partial charge in [-0.3, -0.25) is 9.69 Å². The first-order chi connectivity index (χ1) is 18.1. The average molecular weight is 498 g/mol. The fourth-order valence-corrected chi connectivity index (χ4v) is 5.74. The number of hydrogen-bond acceptors (Lipinski definition) is 5. The molecule has 0 saturated carbocycles. The molecule has 3 aliphatic heterocycles. The van der Waals surface area contributed by atoms with Crippen molar-refractivity contribution in [2.45, 2.75) is 37.3 Å². The molecule has 0 bridgehead atoms. The molecule has 37 heavy (non-hydrogen) atoms. The minimum absolute atomic E-state index is 0.0959. The maximum Gasteiger partial charge on any atom is 0.326 e. The Balaban J connectivity index is 1.27. The number of likely N-dealkylation sites (tertiary alicyclic amines) is 1. The molecule has 2 fully saturated rings. The minimum Gasteiger partial charge on any atom is -0.490 e. The van der Waals surface area contributed by atoms with E-state index in [2.05, 4.69) is 22.3 Å². The van der Waals surface area contributed by atoms with Crippen LogP contribution in [0.2, 0.25) is 0 Å². The lowest BCUT2D eigenvalue weighted by atomic mass is 9.83. The van der Waals surface area contributed by atoms with Crippen LogP contribution in [0, 0.1) is 0 Å². The highest BCUT2D eigenvalue weighted by atomic mass is 16.5. The number of rotatable bonds is 6. The third-order valence-electron chi connectivity index (χ3n) is 7.60. The molecule has 3 aliphatic rings. The topological polar surface area (TPSA) is 71.1 Å². The monoisotopic (exact) mass is 497 g/mol. The van der Waals surface area contributed by atoms with Gasteiger partial charge < -0.3 is 14.8 Å². The smallest absolute Gasteiger partial charge is 0.326 e. The number of amides is 3. The van der Waals surface area contributed by atoms with E-state index >= 15 is 0 Å². The Morgan fingerprint density at radius 2 is 1.59 bits per heavy atom. The highest BCUT2D eigenvalue weighted by Gasteiger charge is 2.53. The Hall–Kier alpha value is -3.84. The number of hydrogen-bond donors (Lipinski definition) is 1. The third-order valence-corrected chi connectivity index (χ3v) is 7.60. The quantitative estimate of drug-likeness (QED) is 0.503. The number of nitrogens with one attached hydrogen (secondary N) is 1. The van der Waals surface area contributed by atoms with Gasteiger partial charge in [0.25, 0.3) is 5.91 Å². The molecule has 2 saturated heterocycles. The summed E-state index contributed by atoms with van der Waals surface area (Å²) in [5.41, 5.74) is 1.77. The Labute approximate surface area is 217 Å². The van der Waals surface area contributed by atoms with Crippen molar-refractivity contribution >= 4 is 11.9 Å². The van der Waals surface area contributed by atoms with Crippen molar-refractivity contribution in [3.8, 4) is 11.5 Å². The number of nitrogens with zero attached hydrogens (tertiary/aromatic N) is 2. The summed E-state index contributed by atoms with van der Waals surface area (Å²) in [5, 5.41) is 3.08. The van der Waals surface area contributed by atoms with Gasteiger partial charge >= 0.3 is 6.03 Å². The van der Waals surface area contributed by atoms with Crippen LogP contribution in [0.3, 0.4) is 0 Å². The maximum atomic E-state index is 14.1. The van der Waals surface area contributed by atoms with E-state index in [-0.39, 0.29) is 24.6 Å². The summed E-state index contributed by atoms with van der Waals surface area (Å²) in [7, 11) is 0. The van der Waals surface area contributed by atoms with Gasteiger partial charge in [0.15, 0.2) is 17.0 Å². The summed E-state index contributed by atoms with van der Waals surface area (Å²) < 4.78 is 11.7. The standard InChI is InChI=1S/C30H31N3O4/c34-28-30(24-11-5-2-6-12-24,20-22-9-3-1-4-10-22)31-29(35)33(28)21-32-16-7-13-25(32)23-14-15-26-27(19-23)37-18-8-17-36-26/h1-6,9-12,14-15,19,25H,7-8,13,16-18,20-21H2,(H,31,35)/t25-,30+/m0/s1. The largest absolute Gasteiger partial charge is 0.490 e. The fourth-order valence-electron chi connectivity index (χ4n) is 5.74. The number of carbonyl (C=O) groups excluding carboxylic acids is 2. The number of imide groups is 1. The van der Waals surface area contributed by atoms with Crippen molar-refractivity contribution in [1.82, 2.24) is 15.1 Å². The van der Waals surface area contributed by atoms with Crippen LogP contribution < -0.4 is 14.8 Å². The number of ether oxygens (including phenoxy) is 2. The molecule has 3 aromatic rings. The molecule has 0 aliphatic carbocycles. The van der Waals surface area contributed by atoms with Crippen LogP contribution in [-0.4, -0.2) is 48.2 Å².